The molecule has 2 N–H and O–H groups in total. The first-order valence-corrected chi connectivity index (χ1v) is 11.1. The van der Waals surface area contributed by atoms with Crippen LogP contribution in [0.5, 0.6) is 23.0 Å². The smallest absolute Gasteiger partial charge is 0.457 e. The molecule has 0 radical (unpaired) electrons. The van der Waals surface area contributed by atoms with Gasteiger partial charge in [-0.3, -0.25) is 4.98 Å². The zero-order valence-corrected chi connectivity index (χ0v) is 18.9. The van der Waals surface area contributed by atoms with E-state index < -0.39 is 7.12 Å². The largest absolute Gasteiger partial charge is 0.488 e. The van der Waals surface area contributed by atoms with Crippen LogP contribution in [0.2, 0.25) is 0 Å². The van der Waals surface area contributed by atoms with E-state index in [-0.39, 0.29) is 0 Å². The number of pyridine rings is 1. The predicted octanol–water partition coefficient (Wildman–Crippen LogP) is 5.70. The Kier molecular flexibility index (Phi) is 8.27. The van der Waals surface area contributed by atoms with E-state index in [0.717, 1.165) is 28.5 Å². The van der Waals surface area contributed by atoms with E-state index in [1.807, 2.05) is 103 Å². The minimum Gasteiger partial charge on any atom is -0.457 e. The Morgan fingerprint density at radius 3 is 1.40 bits per heavy atom. The molecule has 0 unspecified atom stereocenters. The second kappa shape index (κ2) is 12.2. The van der Waals surface area contributed by atoms with Crippen molar-refractivity contribution >= 4 is 12.6 Å². The van der Waals surface area contributed by atoms with Gasteiger partial charge in [0.1, 0.15) is 23.0 Å². The van der Waals surface area contributed by atoms with Crippen LogP contribution in [0.1, 0.15) is 0 Å². The van der Waals surface area contributed by atoms with E-state index in [4.69, 9.17) is 19.5 Å². The maximum Gasteiger partial charge on any atom is 0.488 e. The van der Waals surface area contributed by atoms with Crippen LogP contribution >= 0.6 is 0 Å². The summed E-state index contributed by atoms with van der Waals surface area (Å²) in [5, 5.41) is 17.8. The maximum absolute atomic E-state index is 8.92. The molecule has 5 nitrogen and oxygen atoms in total. The summed E-state index contributed by atoms with van der Waals surface area (Å²) in [6.45, 7) is 0. The van der Waals surface area contributed by atoms with E-state index in [9.17, 15) is 0 Å². The van der Waals surface area contributed by atoms with Gasteiger partial charge in [0, 0.05) is 11.8 Å². The Hall–Kier alpha value is -4.39. The molecule has 0 saturated carbocycles. The molecule has 5 rings (SSSR count). The van der Waals surface area contributed by atoms with E-state index in [2.05, 4.69) is 4.98 Å². The van der Waals surface area contributed by atoms with Gasteiger partial charge in [-0.25, -0.2) is 0 Å². The molecular weight excluding hydrogens is 437 g/mol. The van der Waals surface area contributed by atoms with E-state index in [1.54, 1.807) is 30.5 Å². The molecule has 1 heterocycles. The Morgan fingerprint density at radius 1 is 0.486 bits per heavy atom. The fourth-order valence-electron chi connectivity index (χ4n) is 3.18. The average molecular weight is 461 g/mol. The van der Waals surface area contributed by atoms with Crippen LogP contribution in [0.25, 0.3) is 11.3 Å². The molecule has 0 bridgehead atoms. The molecule has 0 aliphatic rings. The summed E-state index contributed by atoms with van der Waals surface area (Å²) >= 11 is 0. The van der Waals surface area contributed by atoms with Crippen molar-refractivity contribution < 1.29 is 19.5 Å². The molecule has 0 spiro atoms. The van der Waals surface area contributed by atoms with E-state index in [0.29, 0.717) is 11.2 Å². The van der Waals surface area contributed by atoms with Crippen LogP contribution in [0.15, 0.2) is 134 Å². The topological polar surface area (TPSA) is 71.8 Å². The lowest BCUT2D eigenvalue weighted by Crippen LogP contribution is -2.29. The molecule has 4 aromatic carbocycles. The van der Waals surface area contributed by atoms with Gasteiger partial charge in [0.15, 0.2) is 0 Å². The summed E-state index contributed by atoms with van der Waals surface area (Å²) in [6, 6.07) is 39.6. The van der Waals surface area contributed by atoms with Crippen molar-refractivity contribution in [1.29, 1.82) is 0 Å². The van der Waals surface area contributed by atoms with Gasteiger partial charge in [0.25, 0.3) is 0 Å². The van der Waals surface area contributed by atoms with Crippen LogP contribution in [0, 0.1) is 0 Å². The molecule has 6 heteroatoms. The van der Waals surface area contributed by atoms with Crippen molar-refractivity contribution in [1.82, 2.24) is 4.98 Å². The summed E-state index contributed by atoms with van der Waals surface area (Å²) in [4.78, 5) is 4.32. The van der Waals surface area contributed by atoms with Crippen LogP contribution < -0.4 is 14.9 Å². The van der Waals surface area contributed by atoms with E-state index in [1.165, 1.54) is 0 Å². The summed E-state index contributed by atoms with van der Waals surface area (Å²) in [5.41, 5.74) is 2.50. The van der Waals surface area contributed by atoms with Gasteiger partial charge in [-0.05, 0) is 78.3 Å². The van der Waals surface area contributed by atoms with Gasteiger partial charge in [0.2, 0.25) is 0 Å². The predicted molar refractivity (Wildman–Crippen MR) is 139 cm³/mol. The third-order valence-corrected chi connectivity index (χ3v) is 4.95. The Labute approximate surface area is 205 Å². The maximum atomic E-state index is 8.92. The van der Waals surface area contributed by atoms with E-state index >= 15 is 0 Å². The number of aromatic nitrogens is 1. The summed E-state index contributed by atoms with van der Waals surface area (Å²) < 4.78 is 11.3. The molecule has 0 amide bonds. The first-order chi connectivity index (χ1) is 17.2. The van der Waals surface area contributed by atoms with Crippen LogP contribution in [0.3, 0.4) is 0 Å². The quantitative estimate of drug-likeness (QED) is 0.318. The van der Waals surface area contributed by atoms with Crippen molar-refractivity contribution in [3.05, 3.63) is 134 Å². The first-order valence-electron chi connectivity index (χ1n) is 11.1. The third-order valence-electron chi connectivity index (χ3n) is 4.95. The lowest BCUT2D eigenvalue weighted by atomic mass is 9.80. The van der Waals surface area contributed by atoms with Crippen molar-refractivity contribution in [2.75, 3.05) is 0 Å². The molecule has 0 aliphatic heterocycles. The Morgan fingerprint density at radius 2 is 0.943 bits per heavy atom. The number of rotatable bonds is 6. The lowest BCUT2D eigenvalue weighted by molar-refractivity contribution is 0.425. The van der Waals surface area contributed by atoms with Gasteiger partial charge < -0.3 is 19.5 Å². The zero-order valence-electron chi connectivity index (χ0n) is 18.9. The highest BCUT2D eigenvalue weighted by Gasteiger charge is 2.09. The van der Waals surface area contributed by atoms with Gasteiger partial charge in [-0.1, -0.05) is 54.6 Å². The third kappa shape index (κ3) is 7.30. The number of ether oxygens (including phenoxy) is 2. The Bertz CT molecular complexity index is 1280. The second-order valence-corrected chi connectivity index (χ2v) is 7.51. The number of para-hydroxylation sites is 2. The standard InChI is InChI=1S/C17H13NO.C12H11BO3/c1-2-6-15(7-3-1)19-16-11-9-14(10-12-16)17-8-4-5-13-18-17;14-13(15)10-6-8-12(9-7-10)16-11-4-2-1-3-5-11/h1-13H;1-9,14-15H. The lowest BCUT2D eigenvalue weighted by Gasteiger charge is -2.06. The van der Waals surface area contributed by atoms with Crippen LogP contribution in [-0.4, -0.2) is 22.2 Å². The Balaban J connectivity index is 0.000000168. The molecular formula is C29H24BNO4. The summed E-state index contributed by atoms with van der Waals surface area (Å²) in [6.07, 6.45) is 1.80. The minimum atomic E-state index is -1.44. The molecule has 0 aliphatic carbocycles. The number of hydrogen-bond acceptors (Lipinski definition) is 5. The first kappa shape index (κ1) is 23.8. The normalized spacial score (nSPS) is 10.0. The highest BCUT2D eigenvalue weighted by Crippen LogP contribution is 2.24. The van der Waals surface area contributed by atoms with Gasteiger partial charge in [-0.15, -0.1) is 0 Å². The van der Waals surface area contributed by atoms with Crippen LogP contribution in [0.4, 0.5) is 0 Å². The van der Waals surface area contributed by atoms with Crippen molar-refractivity contribution in [2.24, 2.45) is 0 Å². The van der Waals surface area contributed by atoms with Crippen molar-refractivity contribution in [3.8, 4) is 34.3 Å². The molecule has 0 saturated heterocycles. The highest BCUT2D eigenvalue weighted by atomic mass is 16.5. The fraction of sp³-hybridized carbons (Fsp3) is 0. The highest BCUT2D eigenvalue weighted by molar-refractivity contribution is 6.58. The molecule has 1 aromatic heterocycles. The SMILES string of the molecule is OB(O)c1ccc(Oc2ccccc2)cc1.c1ccc(Oc2ccc(-c3ccccn3)cc2)cc1. The van der Waals surface area contributed by atoms with Crippen molar-refractivity contribution in [3.63, 3.8) is 0 Å². The van der Waals surface area contributed by atoms with Crippen molar-refractivity contribution in [2.45, 2.75) is 0 Å². The molecule has 172 valence electrons. The average Bonchev–Trinajstić information content (AvgIpc) is 2.92. The number of nitrogens with zero attached hydrogens (tertiary/aromatic N) is 1. The fourth-order valence-corrected chi connectivity index (χ4v) is 3.18. The van der Waals surface area contributed by atoms with Gasteiger partial charge >= 0.3 is 7.12 Å². The number of benzene rings is 4. The summed E-state index contributed by atoms with van der Waals surface area (Å²) in [7, 11) is -1.44. The molecule has 35 heavy (non-hydrogen) atoms. The minimum absolute atomic E-state index is 0.445. The van der Waals surface area contributed by atoms with Crippen LogP contribution in [-0.2, 0) is 0 Å². The van der Waals surface area contributed by atoms with Gasteiger partial charge in [-0.2, -0.15) is 0 Å². The number of hydrogen-bond donors (Lipinski definition) is 2. The zero-order chi connectivity index (χ0) is 24.3. The van der Waals surface area contributed by atoms with Gasteiger partial charge in [0.05, 0.1) is 5.69 Å². The molecule has 5 aromatic rings. The molecule has 0 fully saturated rings. The molecule has 0 atom stereocenters. The monoisotopic (exact) mass is 461 g/mol. The second-order valence-electron chi connectivity index (χ2n) is 7.51. The summed E-state index contributed by atoms with van der Waals surface area (Å²) in [5.74, 6) is 3.08.